The average Bonchev–Trinajstić information content (AvgIpc) is 2.16. The summed E-state index contributed by atoms with van der Waals surface area (Å²) >= 11 is 5.70. The van der Waals surface area contributed by atoms with Crippen LogP contribution in [0.4, 0.5) is 0 Å². The molecule has 0 amide bonds. The molecule has 0 aromatic heterocycles. The molecule has 0 aliphatic carbocycles. The molecule has 0 atom stereocenters. The zero-order chi connectivity index (χ0) is 10.7. The molecule has 0 heterocycles. The summed E-state index contributed by atoms with van der Waals surface area (Å²) in [5.41, 5.74) is 0.201. The van der Waals surface area contributed by atoms with E-state index in [-0.39, 0.29) is 5.56 Å². The Bertz CT molecular complexity index is 385. The van der Waals surface area contributed by atoms with Crippen molar-refractivity contribution in [3.8, 4) is 5.75 Å². The van der Waals surface area contributed by atoms with Gasteiger partial charge in [0.1, 0.15) is 5.75 Å². The van der Waals surface area contributed by atoms with Gasteiger partial charge in [-0.3, -0.25) is 9.59 Å². The molecular weight excluding hydrogens is 204 g/mol. The minimum atomic E-state index is -0.593. The number of benzene rings is 1. The quantitative estimate of drug-likeness (QED) is 0.570. The van der Waals surface area contributed by atoms with E-state index in [0.29, 0.717) is 10.8 Å². The van der Waals surface area contributed by atoms with Gasteiger partial charge in [-0.25, -0.2) is 0 Å². The molecule has 0 bridgehead atoms. The Labute approximate surface area is 86.6 Å². The van der Waals surface area contributed by atoms with Gasteiger partial charge in [0.25, 0.3) is 0 Å². The van der Waals surface area contributed by atoms with Crippen LogP contribution in [0.25, 0.3) is 0 Å². The fraction of sp³-hybridized carbons (Fsp3) is 0.200. The second-order valence-electron chi connectivity index (χ2n) is 2.73. The fourth-order valence-electron chi connectivity index (χ4n) is 1.05. The standard InChI is InChI=1S/C10H9ClO3/c1-6(12)10(13)8-5-7(11)3-4-9(8)14-2/h3-5H,1-2H3. The summed E-state index contributed by atoms with van der Waals surface area (Å²) in [4.78, 5) is 22.3. The molecule has 0 aliphatic rings. The van der Waals surface area contributed by atoms with Crippen LogP contribution in [0.3, 0.4) is 0 Å². The van der Waals surface area contributed by atoms with E-state index in [2.05, 4.69) is 0 Å². The highest BCUT2D eigenvalue weighted by Crippen LogP contribution is 2.23. The van der Waals surface area contributed by atoms with Crippen LogP contribution in [0, 0.1) is 0 Å². The summed E-state index contributed by atoms with van der Waals surface area (Å²) in [7, 11) is 1.43. The van der Waals surface area contributed by atoms with Gasteiger partial charge in [0.05, 0.1) is 12.7 Å². The number of ketones is 2. The van der Waals surface area contributed by atoms with E-state index < -0.39 is 11.6 Å². The van der Waals surface area contributed by atoms with Gasteiger partial charge in [0, 0.05) is 11.9 Å². The zero-order valence-electron chi connectivity index (χ0n) is 7.83. The van der Waals surface area contributed by atoms with Crippen molar-refractivity contribution >= 4 is 23.2 Å². The van der Waals surface area contributed by atoms with Gasteiger partial charge >= 0.3 is 0 Å². The third-order valence-corrected chi connectivity index (χ3v) is 1.96. The van der Waals surface area contributed by atoms with Gasteiger partial charge in [0.15, 0.2) is 5.78 Å². The molecule has 0 saturated carbocycles. The van der Waals surface area contributed by atoms with Crippen LogP contribution in [0.5, 0.6) is 5.75 Å². The molecule has 0 unspecified atom stereocenters. The maximum absolute atomic E-state index is 11.4. The molecule has 0 spiro atoms. The van der Waals surface area contributed by atoms with Crippen molar-refractivity contribution in [2.75, 3.05) is 7.11 Å². The minimum absolute atomic E-state index is 0.201. The highest BCUT2D eigenvalue weighted by Gasteiger charge is 2.16. The summed E-state index contributed by atoms with van der Waals surface area (Å²) in [6.07, 6.45) is 0. The maximum Gasteiger partial charge on any atom is 0.232 e. The van der Waals surface area contributed by atoms with Crippen molar-refractivity contribution in [1.29, 1.82) is 0 Å². The summed E-state index contributed by atoms with van der Waals surface area (Å²) in [5, 5.41) is 0.399. The lowest BCUT2D eigenvalue weighted by molar-refractivity contribution is -0.113. The van der Waals surface area contributed by atoms with Crippen molar-refractivity contribution in [3.05, 3.63) is 28.8 Å². The van der Waals surface area contributed by atoms with E-state index >= 15 is 0 Å². The molecule has 14 heavy (non-hydrogen) atoms. The molecule has 4 heteroatoms. The number of Topliss-reactive ketones (excluding diaryl/α,β-unsaturated/α-hetero) is 2. The number of hydrogen-bond acceptors (Lipinski definition) is 3. The Balaban J connectivity index is 3.23. The van der Waals surface area contributed by atoms with Crippen LogP contribution in [-0.2, 0) is 4.79 Å². The Morgan fingerprint density at radius 2 is 2.00 bits per heavy atom. The summed E-state index contributed by atoms with van der Waals surface area (Å²) in [6.45, 7) is 1.21. The van der Waals surface area contributed by atoms with Crippen LogP contribution in [0.15, 0.2) is 18.2 Å². The molecule has 0 aliphatic heterocycles. The fourth-order valence-corrected chi connectivity index (χ4v) is 1.22. The molecule has 1 rings (SSSR count). The highest BCUT2D eigenvalue weighted by molar-refractivity contribution is 6.44. The topological polar surface area (TPSA) is 43.4 Å². The first-order valence-electron chi connectivity index (χ1n) is 3.95. The van der Waals surface area contributed by atoms with E-state index in [9.17, 15) is 9.59 Å². The van der Waals surface area contributed by atoms with Crippen LogP contribution in [0.1, 0.15) is 17.3 Å². The van der Waals surface area contributed by atoms with E-state index in [1.165, 1.54) is 20.1 Å². The lowest BCUT2D eigenvalue weighted by atomic mass is 10.1. The van der Waals surface area contributed by atoms with E-state index in [0.717, 1.165) is 0 Å². The molecular formula is C10H9ClO3. The number of methoxy groups -OCH3 is 1. The monoisotopic (exact) mass is 212 g/mol. The third kappa shape index (κ3) is 2.12. The van der Waals surface area contributed by atoms with Gasteiger partial charge in [0.2, 0.25) is 5.78 Å². The van der Waals surface area contributed by atoms with Crippen LogP contribution in [-0.4, -0.2) is 18.7 Å². The van der Waals surface area contributed by atoms with Crippen molar-refractivity contribution in [3.63, 3.8) is 0 Å². The first kappa shape index (κ1) is 10.7. The number of carbonyl (C=O) groups is 2. The Morgan fingerprint density at radius 1 is 1.36 bits per heavy atom. The van der Waals surface area contributed by atoms with E-state index in [1.807, 2.05) is 0 Å². The minimum Gasteiger partial charge on any atom is -0.496 e. The molecule has 1 aromatic rings. The first-order chi connectivity index (χ1) is 6.56. The van der Waals surface area contributed by atoms with Crippen molar-refractivity contribution in [2.24, 2.45) is 0 Å². The van der Waals surface area contributed by atoms with E-state index in [4.69, 9.17) is 16.3 Å². The number of carbonyl (C=O) groups excluding carboxylic acids is 2. The van der Waals surface area contributed by atoms with Crippen molar-refractivity contribution in [2.45, 2.75) is 6.92 Å². The van der Waals surface area contributed by atoms with Crippen molar-refractivity contribution in [1.82, 2.24) is 0 Å². The van der Waals surface area contributed by atoms with Gasteiger partial charge in [-0.15, -0.1) is 0 Å². The molecule has 0 saturated heterocycles. The SMILES string of the molecule is COc1ccc(Cl)cc1C(=O)C(C)=O. The Hall–Kier alpha value is -1.35. The molecule has 74 valence electrons. The van der Waals surface area contributed by atoms with Gasteiger partial charge < -0.3 is 4.74 Å². The predicted molar refractivity (Wildman–Crippen MR) is 53.0 cm³/mol. The van der Waals surface area contributed by atoms with Gasteiger partial charge in [-0.05, 0) is 18.2 Å². The van der Waals surface area contributed by atoms with Gasteiger partial charge in [-0.1, -0.05) is 11.6 Å². The van der Waals surface area contributed by atoms with Crippen LogP contribution in [0.2, 0.25) is 5.02 Å². The highest BCUT2D eigenvalue weighted by atomic mass is 35.5. The second-order valence-corrected chi connectivity index (χ2v) is 3.17. The molecule has 0 N–H and O–H groups in total. The molecule has 3 nitrogen and oxygen atoms in total. The number of ether oxygens (including phenoxy) is 1. The van der Waals surface area contributed by atoms with Crippen molar-refractivity contribution < 1.29 is 14.3 Å². The van der Waals surface area contributed by atoms with Crippen LogP contribution < -0.4 is 4.74 Å². The number of halogens is 1. The Kier molecular flexibility index (Phi) is 3.25. The Morgan fingerprint density at radius 3 is 2.50 bits per heavy atom. The smallest absolute Gasteiger partial charge is 0.232 e. The van der Waals surface area contributed by atoms with Crippen LogP contribution >= 0.6 is 11.6 Å². The normalized spacial score (nSPS) is 9.64. The predicted octanol–water partition coefficient (Wildman–Crippen LogP) is 2.12. The second kappa shape index (κ2) is 4.24. The lowest BCUT2D eigenvalue weighted by Gasteiger charge is -2.05. The lowest BCUT2D eigenvalue weighted by Crippen LogP contribution is -2.11. The molecule has 1 aromatic carbocycles. The number of rotatable bonds is 3. The molecule has 0 radical (unpaired) electrons. The average molecular weight is 213 g/mol. The first-order valence-corrected chi connectivity index (χ1v) is 4.33. The largest absolute Gasteiger partial charge is 0.496 e. The maximum atomic E-state index is 11.4. The molecule has 0 fully saturated rings. The zero-order valence-corrected chi connectivity index (χ0v) is 8.59. The number of hydrogen-bond donors (Lipinski definition) is 0. The third-order valence-electron chi connectivity index (χ3n) is 1.73. The van der Waals surface area contributed by atoms with E-state index in [1.54, 1.807) is 12.1 Å². The summed E-state index contributed by atoms with van der Waals surface area (Å²) in [5.74, 6) is -0.774. The van der Waals surface area contributed by atoms with Gasteiger partial charge in [-0.2, -0.15) is 0 Å². The summed E-state index contributed by atoms with van der Waals surface area (Å²) in [6, 6.07) is 4.57. The summed E-state index contributed by atoms with van der Waals surface area (Å²) < 4.78 is 4.94.